The first-order chi connectivity index (χ1) is 13.7. The van der Waals surface area contributed by atoms with Crippen molar-refractivity contribution in [1.29, 1.82) is 0 Å². The standard InChI is InChI=1S/C20H22N4O3S2/c1-13-9-10-14(2)16(11-13)22-17(25)12-24-19(21)18(20(23-24)28-3)29(26,27)15-7-5-4-6-8-15/h4-11H,12,21H2,1-3H3,(H,22,25). The quantitative estimate of drug-likeness (QED) is 0.581. The predicted octanol–water partition coefficient (Wildman–Crippen LogP) is 3.28. The van der Waals surface area contributed by atoms with Gasteiger partial charge in [0.25, 0.3) is 0 Å². The van der Waals surface area contributed by atoms with Crippen molar-refractivity contribution in [1.82, 2.24) is 9.78 Å². The average Bonchev–Trinajstić information content (AvgIpc) is 3.01. The second-order valence-corrected chi connectivity index (χ2v) is 9.25. The summed E-state index contributed by atoms with van der Waals surface area (Å²) in [5.74, 6) is -0.404. The Labute approximate surface area is 174 Å². The van der Waals surface area contributed by atoms with E-state index in [0.717, 1.165) is 22.9 Å². The molecule has 1 amide bonds. The second kappa shape index (κ2) is 8.30. The maximum absolute atomic E-state index is 13.1. The van der Waals surface area contributed by atoms with Gasteiger partial charge in [0.05, 0.1) is 4.90 Å². The molecule has 0 saturated heterocycles. The number of aryl methyl sites for hydroxylation is 2. The lowest BCUT2D eigenvalue weighted by Crippen LogP contribution is -2.21. The highest BCUT2D eigenvalue weighted by molar-refractivity contribution is 7.99. The van der Waals surface area contributed by atoms with Crippen LogP contribution in [0, 0.1) is 13.8 Å². The highest BCUT2D eigenvalue weighted by atomic mass is 32.2. The van der Waals surface area contributed by atoms with Crippen molar-refractivity contribution < 1.29 is 13.2 Å². The molecule has 0 spiro atoms. The van der Waals surface area contributed by atoms with Crippen LogP contribution in [0.5, 0.6) is 0 Å². The van der Waals surface area contributed by atoms with E-state index in [0.29, 0.717) is 5.69 Å². The van der Waals surface area contributed by atoms with Crippen LogP contribution in [-0.2, 0) is 21.2 Å². The van der Waals surface area contributed by atoms with Crippen molar-refractivity contribution in [3.63, 3.8) is 0 Å². The molecule has 3 rings (SSSR count). The molecular formula is C20H22N4O3S2. The number of aromatic nitrogens is 2. The molecular weight excluding hydrogens is 408 g/mol. The summed E-state index contributed by atoms with van der Waals surface area (Å²) in [6.07, 6.45) is 1.71. The average molecular weight is 431 g/mol. The van der Waals surface area contributed by atoms with Gasteiger partial charge in [-0.25, -0.2) is 13.1 Å². The summed E-state index contributed by atoms with van der Waals surface area (Å²) in [7, 11) is -3.86. The van der Waals surface area contributed by atoms with Crippen LogP contribution >= 0.6 is 11.8 Å². The van der Waals surface area contributed by atoms with Crippen molar-refractivity contribution in [3.05, 3.63) is 59.7 Å². The lowest BCUT2D eigenvalue weighted by atomic mass is 10.1. The number of anilines is 2. The predicted molar refractivity (Wildman–Crippen MR) is 115 cm³/mol. The topological polar surface area (TPSA) is 107 Å². The van der Waals surface area contributed by atoms with E-state index in [4.69, 9.17) is 5.73 Å². The largest absolute Gasteiger partial charge is 0.383 e. The van der Waals surface area contributed by atoms with Gasteiger partial charge in [-0.2, -0.15) is 5.10 Å². The van der Waals surface area contributed by atoms with E-state index in [1.165, 1.54) is 16.8 Å². The third-order valence-electron chi connectivity index (χ3n) is 4.39. The summed E-state index contributed by atoms with van der Waals surface area (Å²) in [5.41, 5.74) is 8.77. The number of thioether (sulfide) groups is 1. The normalized spacial score (nSPS) is 11.4. The maximum atomic E-state index is 13.1. The number of nitrogen functional groups attached to an aromatic ring is 1. The van der Waals surface area contributed by atoms with Crippen LogP contribution in [0.15, 0.2) is 63.3 Å². The molecule has 0 unspecified atom stereocenters. The van der Waals surface area contributed by atoms with Gasteiger partial charge < -0.3 is 11.1 Å². The van der Waals surface area contributed by atoms with Gasteiger partial charge in [0, 0.05) is 5.69 Å². The molecule has 9 heteroatoms. The molecule has 0 aliphatic rings. The minimum Gasteiger partial charge on any atom is -0.383 e. The van der Waals surface area contributed by atoms with Gasteiger partial charge in [-0.15, -0.1) is 11.8 Å². The molecule has 0 aliphatic heterocycles. The molecule has 152 valence electrons. The smallest absolute Gasteiger partial charge is 0.246 e. The number of amides is 1. The highest BCUT2D eigenvalue weighted by Crippen LogP contribution is 2.33. The van der Waals surface area contributed by atoms with Crippen molar-refractivity contribution >= 4 is 39.0 Å². The minimum absolute atomic E-state index is 0.0608. The number of rotatable bonds is 6. The first-order valence-corrected chi connectivity index (χ1v) is 11.5. The third-order valence-corrected chi connectivity index (χ3v) is 7.03. The SMILES string of the molecule is CSc1nn(CC(=O)Nc2cc(C)ccc2C)c(N)c1S(=O)(=O)c1ccccc1. The Bertz CT molecular complexity index is 1160. The van der Waals surface area contributed by atoms with E-state index in [1.807, 2.05) is 32.0 Å². The Morgan fingerprint density at radius 1 is 1.17 bits per heavy atom. The fourth-order valence-electron chi connectivity index (χ4n) is 2.86. The van der Waals surface area contributed by atoms with E-state index >= 15 is 0 Å². The Hall–Kier alpha value is -2.78. The molecule has 0 atom stereocenters. The van der Waals surface area contributed by atoms with E-state index in [-0.39, 0.29) is 33.1 Å². The number of carbonyl (C=O) groups excluding carboxylic acids is 1. The molecule has 3 N–H and O–H groups in total. The molecule has 1 heterocycles. The van der Waals surface area contributed by atoms with E-state index < -0.39 is 9.84 Å². The Morgan fingerprint density at radius 3 is 2.52 bits per heavy atom. The minimum atomic E-state index is -3.86. The number of nitrogens with one attached hydrogen (secondary N) is 1. The molecule has 0 bridgehead atoms. The molecule has 0 aliphatic carbocycles. The van der Waals surface area contributed by atoms with Gasteiger partial charge >= 0.3 is 0 Å². The number of sulfone groups is 1. The number of benzene rings is 2. The van der Waals surface area contributed by atoms with Crippen LogP contribution in [0.3, 0.4) is 0 Å². The maximum Gasteiger partial charge on any atom is 0.246 e. The monoisotopic (exact) mass is 430 g/mol. The molecule has 0 fully saturated rings. The zero-order valence-electron chi connectivity index (χ0n) is 16.3. The van der Waals surface area contributed by atoms with Crippen LogP contribution in [0.1, 0.15) is 11.1 Å². The van der Waals surface area contributed by atoms with E-state index in [2.05, 4.69) is 10.4 Å². The summed E-state index contributed by atoms with van der Waals surface area (Å²) < 4.78 is 27.3. The van der Waals surface area contributed by atoms with Crippen molar-refractivity contribution in [2.24, 2.45) is 0 Å². The molecule has 7 nitrogen and oxygen atoms in total. The van der Waals surface area contributed by atoms with Crippen LogP contribution < -0.4 is 11.1 Å². The summed E-state index contributed by atoms with van der Waals surface area (Å²) in [5, 5.41) is 7.34. The molecule has 0 saturated carbocycles. The fourth-order valence-corrected chi connectivity index (χ4v) is 5.31. The van der Waals surface area contributed by atoms with Crippen LogP contribution in [0.2, 0.25) is 0 Å². The van der Waals surface area contributed by atoms with Crippen LogP contribution in [0.4, 0.5) is 11.5 Å². The molecule has 29 heavy (non-hydrogen) atoms. The molecule has 2 aromatic carbocycles. The first-order valence-electron chi connectivity index (χ1n) is 8.81. The third kappa shape index (κ3) is 4.30. The number of hydrogen-bond acceptors (Lipinski definition) is 6. The summed E-state index contributed by atoms with van der Waals surface area (Å²) >= 11 is 1.16. The van der Waals surface area contributed by atoms with Gasteiger partial charge in [0.2, 0.25) is 15.7 Å². The van der Waals surface area contributed by atoms with Crippen LogP contribution in [0.25, 0.3) is 0 Å². The van der Waals surface area contributed by atoms with Gasteiger partial charge in [-0.3, -0.25) is 4.79 Å². The highest BCUT2D eigenvalue weighted by Gasteiger charge is 2.29. The number of nitrogens with zero attached hydrogens (tertiary/aromatic N) is 2. The molecule has 0 radical (unpaired) electrons. The fraction of sp³-hybridized carbons (Fsp3) is 0.200. The van der Waals surface area contributed by atoms with Gasteiger partial charge in [-0.05, 0) is 49.4 Å². The number of nitrogens with two attached hydrogens (primary N) is 1. The number of hydrogen-bond donors (Lipinski definition) is 2. The lowest BCUT2D eigenvalue weighted by molar-refractivity contribution is -0.116. The Morgan fingerprint density at radius 2 is 1.86 bits per heavy atom. The van der Waals surface area contributed by atoms with E-state index in [1.54, 1.807) is 24.5 Å². The van der Waals surface area contributed by atoms with Crippen molar-refractivity contribution in [2.45, 2.75) is 35.2 Å². The summed E-state index contributed by atoms with van der Waals surface area (Å²) in [4.78, 5) is 12.6. The zero-order chi connectivity index (χ0) is 21.2. The lowest BCUT2D eigenvalue weighted by Gasteiger charge is -2.10. The molecule has 3 aromatic rings. The van der Waals surface area contributed by atoms with Crippen molar-refractivity contribution in [2.75, 3.05) is 17.3 Å². The summed E-state index contributed by atoms with van der Waals surface area (Å²) in [6, 6.07) is 13.8. The van der Waals surface area contributed by atoms with Crippen LogP contribution in [-0.4, -0.2) is 30.4 Å². The Balaban J connectivity index is 1.92. The van der Waals surface area contributed by atoms with Gasteiger partial charge in [-0.1, -0.05) is 30.3 Å². The van der Waals surface area contributed by atoms with E-state index in [9.17, 15) is 13.2 Å². The van der Waals surface area contributed by atoms with Gasteiger partial charge in [0.1, 0.15) is 22.3 Å². The zero-order valence-corrected chi connectivity index (χ0v) is 18.0. The number of carbonyl (C=O) groups is 1. The Kier molecular flexibility index (Phi) is 5.99. The van der Waals surface area contributed by atoms with Crippen molar-refractivity contribution in [3.8, 4) is 0 Å². The van der Waals surface area contributed by atoms with Gasteiger partial charge in [0.15, 0.2) is 0 Å². The molecule has 1 aromatic heterocycles. The summed E-state index contributed by atoms with van der Waals surface area (Å²) in [6.45, 7) is 3.64. The first kappa shape index (κ1) is 20.9. The second-order valence-electron chi connectivity index (χ2n) is 6.56.